The van der Waals surface area contributed by atoms with Crippen LogP contribution in [0.5, 0.6) is 11.5 Å². The number of hydrogen-bond acceptors (Lipinski definition) is 6. The summed E-state index contributed by atoms with van der Waals surface area (Å²) in [5.41, 5.74) is 1.57. The summed E-state index contributed by atoms with van der Waals surface area (Å²) in [5, 5.41) is 2.84. The Hall–Kier alpha value is -2.83. The van der Waals surface area contributed by atoms with Crippen LogP contribution in [0.2, 0.25) is 0 Å². The van der Waals surface area contributed by atoms with Crippen molar-refractivity contribution >= 4 is 17.5 Å². The minimum Gasteiger partial charge on any atom is -0.497 e. The third kappa shape index (κ3) is 4.84. The van der Waals surface area contributed by atoms with Gasteiger partial charge in [-0.3, -0.25) is 4.79 Å². The molecule has 1 amide bonds. The molecule has 2 rings (SSSR count). The number of carbonyl (C=O) groups is 1. The second kappa shape index (κ2) is 9.03. The Morgan fingerprint density at radius 3 is 2.62 bits per heavy atom. The molecule has 1 heterocycles. The first-order chi connectivity index (χ1) is 12.5. The van der Waals surface area contributed by atoms with Crippen LogP contribution in [0.3, 0.4) is 0 Å². The van der Waals surface area contributed by atoms with Gasteiger partial charge in [-0.1, -0.05) is 13.3 Å². The lowest BCUT2D eigenvalue weighted by Crippen LogP contribution is -2.23. The Labute approximate surface area is 154 Å². The van der Waals surface area contributed by atoms with Gasteiger partial charge in [0.15, 0.2) is 0 Å². The van der Waals surface area contributed by atoms with Crippen molar-refractivity contribution < 1.29 is 14.3 Å². The van der Waals surface area contributed by atoms with Gasteiger partial charge in [0.1, 0.15) is 17.2 Å². The predicted octanol–water partition coefficient (Wildman–Crippen LogP) is 3.29. The zero-order valence-electron chi connectivity index (χ0n) is 16.0. The molecule has 2 aromatic rings. The third-order valence-corrected chi connectivity index (χ3v) is 3.92. The molecule has 0 radical (unpaired) electrons. The van der Waals surface area contributed by atoms with Crippen LogP contribution in [-0.2, 0) is 0 Å². The van der Waals surface area contributed by atoms with Gasteiger partial charge < -0.3 is 19.7 Å². The largest absolute Gasteiger partial charge is 0.497 e. The fraction of sp³-hybridized carbons (Fsp3) is 0.421. The van der Waals surface area contributed by atoms with Crippen LogP contribution in [0.1, 0.15) is 35.9 Å². The molecule has 0 aliphatic carbocycles. The molecular weight excluding hydrogens is 332 g/mol. The van der Waals surface area contributed by atoms with Gasteiger partial charge in [0, 0.05) is 25.4 Å². The molecule has 0 aliphatic rings. The van der Waals surface area contributed by atoms with Gasteiger partial charge in [-0.05, 0) is 31.5 Å². The Kier molecular flexibility index (Phi) is 6.77. The van der Waals surface area contributed by atoms with Gasteiger partial charge in [0.25, 0.3) is 5.91 Å². The molecule has 0 fully saturated rings. The summed E-state index contributed by atoms with van der Waals surface area (Å²) in [6.45, 7) is 4.82. The lowest BCUT2D eigenvalue weighted by atomic mass is 10.2. The van der Waals surface area contributed by atoms with E-state index in [1.54, 1.807) is 38.5 Å². The second-order valence-corrected chi connectivity index (χ2v) is 5.99. The number of unbranched alkanes of at least 4 members (excludes halogenated alkanes) is 1. The van der Waals surface area contributed by atoms with Gasteiger partial charge in [-0.15, -0.1) is 0 Å². The maximum Gasteiger partial charge on any atom is 0.274 e. The number of aryl methyl sites for hydroxylation is 1. The quantitative estimate of drug-likeness (QED) is 0.780. The SMILES string of the molecule is CCCCN(C)c1nc(C)cc(C(=O)Nc2cc(OC)ccc2OC)n1. The van der Waals surface area contributed by atoms with E-state index in [-0.39, 0.29) is 5.91 Å². The molecule has 7 nitrogen and oxygen atoms in total. The van der Waals surface area contributed by atoms with Gasteiger partial charge >= 0.3 is 0 Å². The molecule has 7 heteroatoms. The number of methoxy groups -OCH3 is 2. The first-order valence-corrected chi connectivity index (χ1v) is 8.58. The molecule has 0 saturated carbocycles. The molecule has 0 unspecified atom stereocenters. The molecular formula is C19H26N4O3. The van der Waals surface area contributed by atoms with Crippen molar-refractivity contribution in [2.45, 2.75) is 26.7 Å². The molecule has 0 spiro atoms. The maximum atomic E-state index is 12.7. The number of ether oxygens (including phenoxy) is 2. The summed E-state index contributed by atoms with van der Waals surface area (Å²) >= 11 is 0. The minimum absolute atomic E-state index is 0.306. The molecule has 26 heavy (non-hydrogen) atoms. The number of aromatic nitrogens is 2. The Morgan fingerprint density at radius 1 is 1.19 bits per heavy atom. The zero-order valence-corrected chi connectivity index (χ0v) is 16.0. The van der Waals surface area contributed by atoms with E-state index in [2.05, 4.69) is 22.2 Å². The van der Waals surface area contributed by atoms with Gasteiger partial charge in [-0.25, -0.2) is 9.97 Å². The zero-order chi connectivity index (χ0) is 19.1. The predicted molar refractivity (Wildman–Crippen MR) is 102 cm³/mol. The first kappa shape index (κ1) is 19.5. The van der Waals surface area contributed by atoms with Gasteiger partial charge in [0.05, 0.1) is 19.9 Å². The van der Waals surface area contributed by atoms with Crippen LogP contribution in [0.15, 0.2) is 24.3 Å². The average molecular weight is 358 g/mol. The van der Waals surface area contributed by atoms with Crippen LogP contribution in [0, 0.1) is 6.92 Å². The Balaban J connectivity index is 2.26. The fourth-order valence-electron chi connectivity index (χ4n) is 2.43. The van der Waals surface area contributed by atoms with Crippen molar-refractivity contribution in [3.8, 4) is 11.5 Å². The molecule has 1 aromatic heterocycles. The van der Waals surface area contributed by atoms with Crippen molar-refractivity contribution in [2.75, 3.05) is 38.0 Å². The molecule has 0 aliphatic heterocycles. The average Bonchev–Trinajstić information content (AvgIpc) is 2.65. The fourth-order valence-corrected chi connectivity index (χ4v) is 2.43. The van der Waals surface area contributed by atoms with E-state index in [1.165, 1.54) is 0 Å². The normalized spacial score (nSPS) is 10.3. The summed E-state index contributed by atoms with van der Waals surface area (Å²) in [5.74, 6) is 1.39. The summed E-state index contributed by atoms with van der Waals surface area (Å²) in [6, 6.07) is 6.88. The number of amides is 1. The van der Waals surface area contributed by atoms with E-state index in [4.69, 9.17) is 9.47 Å². The molecule has 1 aromatic carbocycles. The van der Waals surface area contributed by atoms with Crippen LogP contribution in [0.4, 0.5) is 11.6 Å². The van der Waals surface area contributed by atoms with Crippen molar-refractivity contribution in [3.63, 3.8) is 0 Å². The lowest BCUT2D eigenvalue weighted by molar-refractivity contribution is 0.102. The number of nitrogens with zero attached hydrogens (tertiary/aromatic N) is 3. The summed E-state index contributed by atoms with van der Waals surface area (Å²) < 4.78 is 10.5. The first-order valence-electron chi connectivity index (χ1n) is 8.58. The Morgan fingerprint density at radius 2 is 1.96 bits per heavy atom. The number of hydrogen-bond donors (Lipinski definition) is 1. The summed E-state index contributed by atoms with van der Waals surface area (Å²) in [6.07, 6.45) is 2.12. The number of anilines is 2. The van der Waals surface area contributed by atoms with Crippen molar-refractivity contribution in [2.24, 2.45) is 0 Å². The molecule has 0 saturated heterocycles. The van der Waals surface area contributed by atoms with E-state index in [9.17, 15) is 4.79 Å². The number of nitrogens with one attached hydrogen (secondary N) is 1. The maximum absolute atomic E-state index is 12.7. The van der Waals surface area contributed by atoms with E-state index >= 15 is 0 Å². The van der Waals surface area contributed by atoms with E-state index < -0.39 is 0 Å². The highest BCUT2D eigenvalue weighted by atomic mass is 16.5. The van der Waals surface area contributed by atoms with E-state index in [1.807, 2.05) is 18.9 Å². The minimum atomic E-state index is -0.327. The second-order valence-electron chi connectivity index (χ2n) is 5.99. The summed E-state index contributed by atoms with van der Waals surface area (Å²) in [7, 11) is 5.05. The molecule has 0 bridgehead atoms. The highest BCUT2D eigenvalue weighted by Gasteiger charge is 2.15. The number of rotatable bonds is 8. The summed E-state index contributed by atoms with van der Waals surface area (Å²) in [4.78, 5) is 23.5. The van der Waals surface area contributed by atoms with Gasteiger partial charge in [0.2, 0.25) is 5.95 Å². The highest BCUT2D eigenvalue weighted by molar-refractivity contribution is 6.04. The molecule has 0 atom stereocenters. The number of benzene rings is 1. The van der Waals surface area contributed by atoms with Crippen molar-refractivity contribution in [1.29, 1.82) is 0 Å². The third-order valence-electron chi connectivity index (χ3n) is 3.92. The highest BCUT2D eigenvalue weighted by Crippen LogP contribution is 2.29. The van der Waals surface area contributed by atoms with E-state index in [0.717, 1.165) is 25.1 Å². The number of carbonyl (C=O) groups excluding carboxylic acids is 1. The molecule has 140 valence electrons. The van der Waals surface area contributed by atoms with Crippen LogP contribution >= 0.6 is 0 Å². The van der Waals surface area contributed by atoms with Crippen molar-refractivity contribution in [3.05, 3.63) is 35.7 Å². The van der Waals surface area contributed by atoms with Crippen LogP contribution in [0.25, 0.3) is 0 Å². The van der Waals surface area contributed by atoms with Crippen LogP contribution in [-0.4, -0.2) is 43.7 Å². The Bertz CT molecular complexity index is 764. The topological polar surface area (TPSA) is 76.6 Å². The standard InChI is InChI=1S/C19H26N4O3/c1-6-7-10-23(3)19-20-13(2)11-16(22-19)18(24)21-15-12-14(25-4)8-9-17(15)26-5/h8-9,11-12H,6-7,10H2,1-5H3,(H,21,24). The molecule has 1 N–H and O–H groups in total. The lowest BCUT2D eigenvalue weighted by Gasteiger charge is -2.18. The van der Waals surface area contributed by atoms with Gasteiger partial charge in [-0.2, -0.15) is 0 Å². The van der Waals surface area contributed by atoms with E-state index in [0.29, 0.717) is 28.8 Å². The monoisotopic (exact) mass is 358 g/mol. The smallest absolute Gasteiger partial charge is 0.274 e. The van der Waals surface area contributed by atoms with Crippen molar-refractivity contribution in [1.82, 2.24) is 9.97 Å². The van der Waals surface area contributed by atoms with Crippen LogP contribution < -0.4 is 19.7 Å².